The molecule has 1 saturated heterocycles. The summed E-state index contributed by atoms with van der Waals surface area (Å²) in [7, 11) is -4.94. The largest absolute Gasteiger partial charge is 0.470 e. The van der Waals surface area contributed by atoms with Crippen LogP contribution in [0.3, 0.4) is 0 Å². The molecule has 0 aliphatic carbocycles. The van der Waals surface area contributed by atoms with Crippen molar-refractivity contribution in [2.75, 3.05) is 6.61 Å². The topological polar surface area (TPSA) is 200 Å². The zero-order valence-corrected chi connectivity index (χ0v) is 12.8. The van der Waals surface area contributed by atoms with E-state index in [4.69, 9.17) is 20.3 Å². The van der Waals surface area contributed by atoms with Gasteiger partial charge in [0.05, 0.1) is 12.9 Å². The van der Waals surface area contributed by atoms with Gasteiger partial charge in [0.2, 0.25) is 5.96 Å². The first-order chi connectivity index (χ1) is 11.2. The summed E-state index contributed by atoms with van der Waals surface area (Å²) in [6.45, 7) is -0.665. The first-order valence-electron chi connectivity index (χ1n) is 6.68. The Hall–Kier alpha value is -1.73. The quantitative estimate of drug-likeness (QED) is 0.312. The maximum absolute atomic E-state index is 11.7. The molecule has 3 heterocycles. The minimum Gasteiger partial charge on any atom is -0.394 e. The van der Waals surface area contributed by atoms with Gasteiger partial charge in [-0.25, -0.2) is 4.57 Å². The number of amides is 1. The lowest BCUT2D eigenvalue weighted by molar-refractivity contribution is -0.117. The summed E-state index contributed by atoms with van der Waals surface area (Å²) in [4.78, 5) is 42.0. The van der Waals surface area contributed by atoms with E-state index in [2.05, 4.69) is 19.5 Å². The van der Waals surface area contributed by atoms with Gasteiger partial charge in [0.25, 0.3) is 5.91 Å². The third-order valence-corrected chi connectivity index (χ3v) is 4.08. The highest BCUT2D eigenvalue weighted by Crippen LogP contribution is 2.42. The van der Waals surface area contributed by atoms with Crippen molar-refractivity contribution in [3.63, 3.8) is 0 Å². The summed E-state index contributed by atoms with van der Waals surface area (Å²) in [5.74, 6) is -0.897. The monoisotopic (exact) mass is 363 g/mol. The third kappa shape index (κ3) is 2.98. The van der Waals surface area contributed by atoms with Gasteiger partial charge in [0.1, 0.15) is 18.3 Å². The van der Waals surface area contributed by atoms with E-state index in [0.29, 0.717) is 0 Å². The minimum atomic E-state index is -4.94. The number of carbonyl (C=O) groups excluding carboxylic acids is 1. The van der Waals surface area contributed by atoms with Gasteiger partial charge in [0.15, 0.2) is 18.1 Å². The Labute approximate surface area is 134 Å². The fourth-order valence-corrected chi connectivity index (χ4v) is 3.17. The highest BCUT2D eigenvalue weighted by Gasteiger charge is 2.52. The van der Waals surface area contributed by atoms with Crippen molar-refractivity contribution in [1.82, 2.24) is 4.90 Å². The number of hydrogen-bond donors (Lipinski definition) is 5. The van der Waals surface area contributed by atoms with Gasteiger partial charge in [-0.15, -0.1) is 0 Å². The molecule has 132 valence electrons. The van der Waals surface area contributed by atoms with Crippen molar-refractivity contribution >= 4 is 31.9 Å². The molecule has 0 spiro atoms. The number of ether oxygens (including phenoxy) is 1. The van der Waals surface area contributed by atoms with Gasteiger partial charge in [-0.05, 0) is 0 Å². The van der Waals surface area contributed by atoms with Gasteiger partial charge in [-0.1, -0.05) is 0 Å². The molecule has 1 amide bonds. The lowest BCUT2D eigenvalue weighted by Crippen LogP contribution is -2.49. The standard InChI is InChI=1S/C10H14N5O8P/c11-10-13-7-4(8(18)14-10)12-2-15(7)9-5(17)6(3(1-16)22-9)23-24(19,20)21/h2-6,9,16-17H,1H2,(H2,11,14,18)(H2,19,20,21)/t3-,4?,5-,6-,9-/m1/s1. The molecule has 0 aromatic heterocycles. The van der Waals surface area contributed by atoms with Gasteiger partial charge >= 0.3 is 7.82 Å². The van der Waals surface area contributed by atoms with E-state index in [9.17, 15) is 19.6 Å². The van der Waals surface area contributed by atoms with Crippen molar-refractivity contribution in [2.45, 2.75) is 30.6 Å². The minimum absolute atomic E-state index is 0.0464. The van der Waals surface area contributed by atoms with Crippen LogP contribution in [0, 0.1) is 0 Å². The van der Waals surface area contributed by atoms with Crippen LogP contribution in [-0.4, -0.2) is 86.1 Å². The average molecular weight is 363 g/mol. The fraction of sp³-hybridized carbons (Fsp3) is 0.600. The second kappa shape index (κ2) is 5.97. The maximum atomic E-state index is 11.7. The van der Waals surface area contributed by atoms with Crippen molar-refractivity contribution in [3.8, 4) is 0 Å². The lowest BCUT2D eigenvalue weighted by atomic mass is 10.1. The maximum Gasteiger partial charge on any atom is 0.470 e. The predicted octanol–water partition coefficient (Wildman–Crippen LogP) is -3.49. The Bertz CT molecular complexity index is 689. The number of fused-ring (bicyclic) bond motifs is 1. The van der Waals surface area contributed by atoms with Crippen molar-refractivity contribution < 1.29 is 38.6 Å². The van der Waals surface area contributed by atoms with Crippen LogP contribution >= 0.6 is 7.82 Å². The SMILES string of the molecule is NC1=NC(=O)C2N=CN([C@@H]3O[C@H](CO)[C@@H](OP(=O)(O)O)[C@H]3O)C2=N1. The van der Waals surface area contributed by atoms with E-state index in [1.807, 2.05) is 0 Å². The second-order valence-corrected chi connectivity index (χ2v) is 6.34. The van der Waals surface area contributed by atoms with Crippen LogP contribution in [0.25, 0.3) is 0 Å². The molecule has 3 rings (SSSR count). The highest BCUT2D eigenvalue weighted by atomic mass is 31.2. The number of aliphatic hydroxyl groups is 2. The zero-order chi connectivity index (χ0) is 17.6. The van der Waals surface area contributed by atoms with Crippen molar-refractivity contribution in [3.05, 3.63) is 0 Å². The molecule has 3 aliphatic heterocycles. The molecule has 3 aliphatic rings. The van der Waals surface area contributed by atoms with E-state index >= 15 is 0 Å². The number of phosphoric ester groups is 1. The normalized spacial score (nSPS) is 35.9. The van der Waals surface area contributed by atoms with Gasteiger partial charge < -0.3 is 30.5 Å². The van der Waals surface area contributed by atoms with E-state index in [-0.39, 0.29) is 11.8 Å². The average Bonchev–Trinajstić information content (AvgIpc) is 3.00. The first-order valence-corrected chi connectivity index (χ1v) is 8.21. The molecule has 14 heteroatoms. The van der Waals surface area contributed by atoms with Crippen LogP contribution in [0.15, 0.2) is 15.0 Å². The molecule has 0 aromatic rings. The fourth-order valence-electron chi connectivity index (χ4n) is 2.60. The van der Waals surface area contributed by atoms with Gasteiger partial charge in [-0.2, -0.15) is 9.98 Å². The molecule has 5 atom stereocenters. The summed E-state index contributed by atoms with van der Waals surface area (Å²) >= 11 is 0. The summed E-state index contributed by atoms with van der Waals surface area (Å²) in [5.41, 5.74) is 5.43. The zero-order valence-electron chi connectivity index (χ0n) is 11.9. The Morgan fingerprint density at radius 3 is 2.75 bits per heavy atom. The van der Waals surface area contributed by atoms with E-state index in [0.717, 1.165) is 6.34 Å². The number of nitrogens with two attached hydrogens (primary N) is 1. The number of guanidine groups is 1. The van der Waals surface area contributed by atoms with Crippen molar-refractivity contribution in [2.24, 2.45) is 20.7 Å². The molecule has 1 fully saturated rings. The molecule has 1 unspecified atom stereocenters. The van der Waals surface area contributed by atoms with Crippen LogP contribution in [0.4, 0.5) is 0 Å². The molecule has 24 heavy (non-hydrogen) atoms. The van der Waals surface area contributed by atoms with Crippen LogP contribution in [0.1, 0.15) is 0 Å². The molecule has 0 saturated carbocycles. The number of aliphatic hydroxyl groups excluding tert-OH is 2. The van der Waals surface area contributed by atoms with E-state index in [1.54, 1.807) is 0 Å². The number of amidine groups is 1. The number of nitrogens with zero attached hydrogens (tertiary/aromatic N) is 4. The predicted molar refractivity (Wildman–Crippen MR) is 76.9 cm³/mol. The lowest BCUT2D eigenvalue weighted by Gasteiger charge is -2.27. The highest BCUT2D eigenvalue weighted by molar-refractivity contribution is 7.46. The molecule has 6 N–H and O–H groups in total. The molecular weight excluding hydrogens is 349 g/mol. The number of phosphoric acid groups is 1. The number of hydrogen-bond acceptors (Lipinski definition) is 10. The van der Waals surface area contributed by atoms with Crippen molar-refractivity contribution in [1.29, 1.82) is 0 Å². The Kier molecular flexibility index (Phi) is 4.25. The third-order valence-electron chi connectivity index (χ3n) is 3.56. The molecular formula is C10H14N5O8P. The second-order valence-electron chi connectivity index (χ2n) is 5.15. The van der Waals surface area contributed by atoms with E-state index < -0.39 is 50.9 Å². The van der Waals surface area contributed by atoms with Gasteiger partial charge in [-0.3, -0.25) is 19.2 Å². The Morgan fingerprint density at radius 1 is 1.42 bits per heavy atom. The number of rotatable bonds is 4. The number of aliphatic imine (C=N–C) groups is 3. The van der Waals surface area contributed by atoms with Crippen LogP contribution in [-0.2, 0) is 18.6 Å². The first kappa shape index (κ1) is 17.1. The van der Waals surface area contributed by atoms with E-state index in [1.165, 1.54) is 4.90 Å². The smallest absolute Gasteiger partial charge is 0.394 e. The molecule has 0 radical (unpaired) electrons. The molecule has 0 aromatic carbocycles. The summed E-state index contributed by atoms with van der Waals surface area (Å²) < 4.78 is 20.9. The van der Waals surface area contributed by atoms with Crippen LogP contribution in [0.5, 0.6) is 0 Å². The van der Waals surface area contributed by atoms with Crippen LogP contribution in [0.2, 0.25) is 0 Å². The summed E-state index contributed by atoms with van der Waals surface area (Å²) in [5, 5.41) is 19.6. The number of carbonyl (C=O) groups is 1. The molecule has 0 bridgehead atoms. The Morgan fingerprint density at radius 2 is 2.12 bits per heavy atom. The van der Waals surface area contributed by atoms with Crippen LogP contribution < -0.4 is 5.73 Å². The summed E-state index contributed by atoms with van der Waals surface area (Å²) in [6.07, 6.45) is -4.37. The Balaban J connectivity index is 1.85. The molecule has 13 nitrogen and oxygen atoms in total. The summed E-state index contributed by atoms with van der Waals surface area (Å²) in [6, 6.07) is -1.04. The van der Waals surface area contributed by atoms with Gasteiger partial charge in [0, 0.05) is 0 Å².